The normalized spacial score (nSPS) is 10.8. The monoisotopic (exact) mass is 244 g/mol. The number of rotatable bonds is 6. The zero-order valence-corrected chi connectivity index (χ0v) is 11.1. The Hall–Kier alpha value is -1.61. The summed E-state index contributed by atoms with van der Waals surface area (Å²) in [7, 11) is 0. The van der Waals surface area contributed by atoms with Crippen LogP contribution in [-0.2, 0) is 0 Å². The highest BCUT2D eigenvalue weighted by Gasteiger charge is 2.03. The molecule has 0 spiro atoms. The number of hydrogen-bond acceptors (Lipinski definition) is 3. The van der Waals surface area contributed by atoms with Gasteiger partial charge in [0.1, 0.15) is 17.9 Å². The molecule has 0 atom stereocenters. The fraction of sp³-hybridized carbons (Fsp3) is 0.400. The second-order valence-electron chi connectivity index (χ2n) is 4.38. The first-order valence-electron chi connectivity index (χ1n) is 6.51. The summed E-state index contributed by atoms with van der Waals surface area (Å²) in [6.07, 6.45) is 1.15. The van der Waals surface area contributed by atoms with E-state index in [1.165, 1.54) is 0 Å². The van der Waals surface area contributed by atoms with Gasteiger partial charge in [-0.25, -0.2) is 4.98 Å². The van der Waals surface area contributed by atoms with Crippen LogP contribution in [0, 0.1) is 6.92 Å². The van der Waals surface area contributed by atoms with Gasteiger partial charge in [-0.05, 0) is 32.0 Å². The van der Waals surface area contributed by atoms with Crippen LogP contribution >= 0.6 is 0 Å². The molecule has 0 fully saturated rings. The molecule has 1 N–H and O–H groups in total. The van der Waals surface area contributed by atoms with E-state index in [1.807, 2.05) is 25.1 Å². The van der Waals surface area contributed by atoms with Crippen LogP contribution in [-0.4, -0.2) is 24.7 Å². The predicted octanol–water partition coefficient (Wildman–Crippen LogP) is 2.92. The average Bonchev–Trinajstić information content (AvgIpc) is 2.39. The molecular formula is C15H20N2O. The number of aryl methyl sites for hydroxylation is 1. The third-order valence-corrected chi connectivity index (χ3v) is 2.79. The SMILES string of the molecule is CCCNCCOc1cccc2ccc(C)nc12. The summed E-state index contributed by atoms with van der Waals surface area (Å²) in [5, 5.41) is 4.44. The lowest BCUT2D eigenvalue weighted by atomic mass is 10.2. The largest absolute Gasteiger partial charge is 0.490 e. The fourth-order valence-electron chi connectivity index (χ4n) is 1.87. The number of fused-ring (bicyclic) bond motifs is 1. The van der Waals surface area contributed by atoms with E-state index in [0.29, 0.717) is 6.61 Å². The Balaban J connectivity index is 2.05. The lowest BCUT2D eigenvalue weighted by Gasteiger charge is -2.09. The summed E-state index contributed by atoms with van der Waals surface area (Å²) in [5.74, 6) is 0.870. The summed E-state index contributed by atoms with van der Waals surface area (Å²) < 4.78 is 5.80. The topological polar surface area (TPSA) is 34.1 Å². The number of nitrogens with one attached hydrogen (secondary N) is 1. The van der Waals surface area contributed by atoms with Crippen LogP contribution in [0.1, 0.15) is 19.0 Å². The number of aromatic nitrogens is 1. The van der Waals surface area contributed by atoms with Crippen LogP contribution in [0.2, 0.25) is 0 Å². The molecular weight excluding hydrogens is 224 g/mol. The minimum atomic E-state index is 0.675. The van der Waals surface area contributed by atoms with Gasteiger partial charge in [0, 0.05) is 17.6 Å². The molecule has 0 bridgehead atoms. The molecule has 0 aliphatic heterocycles. The maximum atomic E-state index is 5.80. The van der Waals surface area contributed by atoms with Crippen molar-refractivity contribution in [2.45, 2.75) is 20.3 Å². The molecule has 18 heavy (non-hydrogen) atoms. The van der Waals surface area contributed by atoms with Gasteiger partial charge < -0.3 is 10.1 Å². The van der Waals surface area contributed by atoms with E-state index in [9.17, 15) is 0 Å². The van der Waals surface area contributed by atoms with Crippen LogP contribution in [0.25, 0.3) is 10.9 Å². The van der Waals surface area contributed by atoms with Crippen molar-refractivity contribution in [2.75, 3.05) is 19.7 Å². The first kappa shape index (κ1) is 12.8. The van der Waals surface area contributed by atoms with Gasteiger partial charge in [0.25, 0.3) is 0 Å². The number of ether oxygens (including phenoxy) is 1. The molecule has 0 amide bonds. The lowest BCUT2D eigenvalue weighted by Crippen LogP contribution is -2.21. The molecule has 3 heteroatoms. The molecule has 0 aliphatic carbocycles. The van der Waals surface area contributed by atoms with Crippen LogP contribution in [0.3, 0.4) is 0 Å². The van der Waals surface area contributed by atoms with Crippen LogP contribution in [0.5, 0.6) is 5.75 Å². The molecule has 3 nitrogen and oxygen atoms in total. The van der Waals surface area contributed by atoms with Crippen LogP contribution in [0.15, 0.2) is 30.3 Å². The average molecular weight is 244 g/mol. The molecule has 2 aromatic rings. The van der Waals surface area contributed by atoms with Crippen molar-refractivity contribution in [3.63, 3.8) is 0 Å². The molecule has 0 saturated heterocycles. The maximum Gasteiger partial charge on any atom is 0.145 e. The van der Waals surface area contributed by atoms with Gasteiger partial charge in [-0.3, -0.25) is 0 Å². The Morgan fingerprint density at radius 3 is 2.89 bits per heavy atom. The third kappa shape index (κ3) is 3.20. The summed E-state index contributed by atoms with van der Waals surface area (Å²) in [5.41, 5.74) is 1.97. The molecule has 2 rings (SSSR count). The molecule has 1 aromatic carbocycles. The Bertz CT molecular complexity index is 511. The van der Waals surface area contributed by atoms with Gasteiger partial charge in [0.05, 0.1) is 0 Å². The van der Waals surface area contributed by atoms with Crippen molar-refractivity contribution in [1.29, 1.82) is 0 Å². The summed E-state index contributed by atoms with van der Waals surface area (Å²) >= 11 is 0. The summed E-state index contributed by atoms with van der Waals surface area (Å²) in [6, 6.07) is 10.2. The van der Waals surface area contributed by atoms with Gasteiger partial charge >= 0.3 is 0 Å². The summed E-state index contributed by atoms with van der Waals surface area (Å²) in [4.78, 5) is 4.55. The van der Waals surface area contributed by atoms with Gasteiger partial charge in [0.2, 0.25) is 0 Å². The van der Waals surface area contributed by atoms with Gasteiger partial charge in [0.15, 0.2) is 0 Å². The minimum Gasteiger partial charge on any atom is -0.490 e. The van der Waals surface area contributed by atoms with Crippen molar-refractivity contribution in [2.24, 2.45) is 0 Å². The van der Waals surface area contributed by atoms with E-state index < -0.39 is 0 Å². The highest BCUT2D eigenvalue weighted by molar-refractivity contribution is 5.84. The van der Waals surface area contributed by atoms with E-state index in [1.54, 1.807) is 0 Å². The zero-order valence-electron chi connectivity index (χ0n) is 11.1. The van der Waals surface area contributed by atoms with E-state index in [2.05, 4.69) is 29.4 Å². The van der Waals surface area contributed by atoms with Gasteiger partial charge in [-0.15, -0.1) is 0 Å². The second kappa shape index (κ2) is 6.36. The standard InChI is InChI=1S/C15H20N2O/c1-3-9-16-10-11-18-14-6-4-5-13-8-7-12(2)17-15(13)14/h4-8,16H,3,9-11H2,1-2H3. The molecule has 96 valence electrons. The highest BCUT2D eigenvalue weighted by Crippen LogP contribution is 2.23. The van der Waals surface area contributed by atoms with Crippen molar-refractivity contribution in [3.8, 4) is 5.75 Å². The van der Waals surface area contributed by atoms with Crippen LogP contribution in [0.4, 0.5) is 0 Å². The Kier molecular flexibility index (Phi) is 4.53. The number of pyridine rings is 1. The van der Waals surface area contributed by atoms with E-state index >= 15 is 0 Å². The quantitative estimate of drug-likeness (QED) is 0.793. The van der Waals surface area contributed by atoms with Crippen molar-refractivity contribution < 1.29 is 4.74 Å². The van der Waals surface area contributed by atoms with E-state index in [0.717, 1.165) is 41.9 Å². The molecule has 1 heterocycles. The zero-order chi connectivity index (χ0) is 12.8. The van der Waals surface area contributed by atoms with Crippen molar-refractivity contribution in [1.82, 2.24) is 10.3 Å². The highest BCUT2D eigenvalue weighted by atomic mass is 16.5. The molecule has 0 saturated carbocycles. The van der Waals surface area contributed by atoms with Gasteiger partial charge in [-0.1, -0.05) is 25.1 Å². The molecule has 0 aliphatic rings. The fourth-order valence-corrected chi connectivity index (χ4v) is 1.87. The lowest BCUT2D eigenvalue weighted by molar-refractivity contribution is 0.317. The number of hydrogen-bond donors (Lipinski definition) is 1. The summed E-state index contributed by atoms with van der Waals surface area (Å²) in [6.45, 7) is 6.74. The van der Waals surface area contributed by atoms with Crippen molar-refractivity contribution in [3.05, 3.63) is 36.0 Å². The Labute approximate surface area is 108 Å². The van der Waals surface area contributed by atoms with E-state index in [4.69, 9.17) is 4.74 Å². The maximum absolute atomic E-state index is 5.80. The van der Waals surface area contributed by atoms with E-state index in [-0.39, 0.29) is 0 Å². The Morgan fingerprint density at radius 1 is 1.17 bits per heavy atom. The Morgan fingerprint density at radius 2 is 2.06 bits per heavy atom. The smallest absolute Gasteiger partial charge is 0.145 e. The third-order valence-electron chi connectivity index (χ3n) is 2.79. The number of nitrogens with zero attached hydrogens (tertiary/aromatic N) is 1. The molecule has 0 radical (unpaired) electrons. The minimum absolute atomic E-state index is 0.675. The molecule has 1 aromatic heterocycles. The number of benzene rings is 1. The first-order chi connectivity index (χ1) is 8.81. The van der Waals surface area contributed by atoms with Gasteiger partial charge in [-0.2, -0.15) is 0 Å². The first-order valence-corrected chi connectivity index (χ1v) is 6.51. The van der Waals surface area contributed by atoms with Crippen LogP contribution < -0.4 is 10.1 Å². The van der Waals surface area contributed by atoms with Crippen molar-refractivity contribution >= 4 is 10.9 Å². The number of para-hydroxylation sites is 1. The molecule has 0 unspecified atom stereocenters. The second-order valence-corrected chi connectivity index (χ2v) is 4.38. The predicted molar refractivity (Wildman–Crippen MR) is 75.1 cm³/mol.